The normalized spacial score (nSPS) is 22.6. The standard InChI is InChI=1S/C21H22BrClN6O6S2/c22-15-3-1-2-12(28-15)16(24)10-5-14(36-20(10)23)18(31)11-7-25-8-26-21(11)29-13-4-9(17(30)19(13)32)6-27-37(33,34)35/h1-3,5,7-9,13,16-17,19,27,30,32H,4,6,24H2,(H,25,26,29)(H,33,34,35)/t9-,13-,16+,17-,19+/m1/s1. The van der Waals surface area contributed by atoms with Crippen molar-refractivity contribution in [1.82, 2.24) is 19.7 Å². The van der Waals surface area contributed by atoms with Crippen molar-refractivity contribution in [3.8, 4) is 0 Å². The number of carbonyl (C=O) groups excluding carboxylic acids is 1. The van der Waals surface area contributed by atoms with E-state index in [0.29, 0.717) is 20.2 Å². The van der Waals surface area contributed by atoms with Crippen LogP contribution in [0.25, 0.3) is 0 Å². The van der Waals surface area contributed by atoms with Gasteiger partial charge in [-0.25, -0.2) is 15.0 Å². The van der Waals surface area contributed by atoms with E-state index in [9.17, 15) is 23.4 Å². The van der Waals surface area contributed by atoms with Crippen LogP contribution < -0.4 is 15.8 Å². The van der Waals surface area contributed by atoms with Gasteiger partial charge in [-0.1, -0.05) is 17.7 Å². The largest absolute Gasteiger partial charge is 0.390 e. The van der Waals surface area contributed by atoms with Crippen LogP contribution in [0.2, 0.25) is 4.34 Å². The maximum Gasteiger partial charge on any atom is 0.333 e. The highest BCUT2D eigenvalue weighted by molar-refractivity contribution is 9.10. The Morgan fingerprint density at radius 1 is 1.32 bits per heavy atom. The molecule has 1 aliphatic rings. The third-order valence-electron chi connectivity index (χ3n) is 5.94. The Morgan fingerprint density at radius 2 is 2.08 bits per heavy atom. The zero-order valence-electron chi connectivity index (χ0n) is 18.8. The van der Waals surface area contributed by atoms with Gasteiger partial charge >= 0.3 is 10.3 Å². The molecule has 0 saturated heterocycles. The summed E-state index contributed by atoms with van der Waals surface area (Å²) in [5, 5.41) is 23.7. The highest BCUT2D eigenvalue weighted by Crippen LogP contribution is 2.36. The van der Waals surface area contributed by atoms with Crippen molar-refractivity contribution in [1.29, 1.82) is 0 Å². The van der Waals surface area contributed by atoms with Crippen molar-refractivity contribution < 1.29 is 28.0 Å². The fourth-order valence-electron chi connectivity index (χ4n) is 4.07. The molecule has 7 N–H and O–H groups in total. The van der Waals surface area contributed by atoms with Crippen molar-refractivity contribution in [2.45, 2.75) is 30.7 Å². The number of rotatable bonds is 9. The van der Waals surface area contributed by atoms with E-state index in [1.165, 1.54) is 12.5 Å². The van der Waals surface area contributed by atoms with E-state index in [-0.39, 0.29) is 29.2 Å². The van der Waals surface area contributed by atoms with E-state index in [0.717, 1.165) is 11.3 Å². The second-order valence-corrected chi connectivity index (χ2v) is 12.1. The molecule has 1 fully saturated rings. The number of aliphatic hydroxyl groups excluding tert-OH is 2. The number of thiophene rings is 1. The van der Waals surface area contributed by atoms with E-state index >= 15 is 0 Å². The lowest BCUT2D eigenvalue weighted by atomic mass is 10.1. The van der Waals surface area contributed by atoms with Gasteiger partial charge in [-0.3, -0.25) is 9.35 Å². The summed E-state index contributed by atoms with van der Waals surface area (Å²) < 4.78 is 33.7. The molecular formula is C21H22BrClN6O6S2. The Morgan fingerprint density at radius 3 is 2.78 bits per heavy atom. The SMILES string of the molecule is N[C@H](c1cccc(Br)n1)c1cc(C(=O)c2cncnc2N[C@@H]2C[C@H](CNS(=O)(=O)O)[C@@H](O)[C@H]2O)sc1Cl. The first-order chi connectivity index (χ1) is 17.4. The van der Waals surface area contributed by atoms with Crippen LogP contribution in [-0.4, -0.2) is 68.7 Å². The summed E-state index contributed by atoms with van der Waals surface area (Å²) in [6.45, 7) is -0.283. The molecule has 1 saturated carbocycles. The van der Waals surface area contributed by atoms with Crippen LogP contribution in [-0.2, 0) is 10.3 Å². The third kappa shape index (κ3) is 6.50. The summed E-state index contributed by atoms with van der Waals surface area (Å²) >= 11 is 10.8. The average molecular weight is 634 g/mol. The Balaban J connectivity index is 1.54. The fourth-order valence-corrected chi connectivity index (χ4v) is 6.15. The lowest BCUT2D eigenvalue weighted by Gasteiger charge is -2.19. The topological polar surface area (TPSA) is 201 Å². The molecule has 4 rings (SSSR count). The number of pyridine rings is 1. The van der Waals surface area contributed by atoms with Crippen molar-refractivity contribution in [2.75, 3.05) is 11.9 Å². The number of carbonyl (C=O) groups is 1. The number of anilines is 1. The molecule has 0 bridgehead atoms. The van der Waals surface area contributed by atoms with Crippen LogP contribution in [0.5, 0.6) is 0 Å². The van der Waals surface area contributed by atoms with E-state index in [1.54, 1.807) is 24.3 Å². The molecule has 0 unspecified atom stereocenters. The van der Waals surface area contributed by atoms with Crippen LogP contribution in [0.3, 0.4) is 0 Å². The average Bonchev–Trinajstić information content (AvgIpc) is 3.36. The van der Waals surface area contributed by atoms with Gasteiger partial charge in [0.15, 0.2) is 0 Å². The highest BCUT2D eigenvalue weighted by Gasteiger charge is 2.42. The highest BCUT2D eigenvalue weighted by atomic mass is 79.9. The molecule has 3 aromatic heterocycles. The Kier molecular flexibility index (Phi) is 8.57. The summed E-state index contributed by atoms with van der Waals surface area (Å²) in [6.07, 6.45) is 0.0988. The molecule has 5 atom stereocenters. The zero-order valence-corrected chi connectivity index (χ0v) is 22.8. The summed E-state index contributed by atoms with van der Waals surface area (Å²) in [4.78, 5) is 26.1. The van der Waals surface area contributed by atoms with Gasteiger partial charge in [-0.2, -0.15) is 13.1 Å². The fraction of sp³-hybridized carbons (Fsp3) is 0.333. The van der Waals surface area contributed by atoms with Gasteiger partial charge in [0, 0.05) is 24.2 Å². The molecule has 1 aliphatic carbocycles. The summed E-state index contributed by atoms with van der Waals surface area (Å²) in [7, 11) is -4.46. The number of ketones is 1. The van der Waals surface area contributed by atoms with Crippen molar-refractivity contribution in [2.24, 2.45) is 11.7 Å². The van der Waals surface area contributed by atoms with E-state index in [1.807, 2.05) is 4.72 Å². The minimum absolute atomic E-state index is 0.0994. The lowest BCUT2D eigenvalue weighted by molar-refractivity contribution is 0.0184. The number of nitrogens with one attached hydrogen (secondary N) is 2. The van der Waals surface area contributed by atoms with Gasteiger partial charge in [0.2, 0.25) is 5.78 Å². The van der Waals surface area contributed by atoms with E-state index in [4.69, 9.17) is 21.9 Å². The second kappa shape index (κ2) is 11.3. The van der Waals surface area contributed by atoms with Crippen LogP contribution in [0.4, 0.5) is 5.82 Å². The molecule has 0 spiro atoms. The second-order valence-electron chi connectivity index (χ2n) is 8.37. The zero-order chi connectivity index (χ0) is 26.9. The van der Waals surface area contributed by atoms with Crippen LogP contribution in [0.15, 0.2) is 41.4 Å². The quantitative estimate of drug-likeness (QED) is 0.113. The monoisotopic (exact) mass is 632 g/mol. The maximum absolute atomic E-state index is 13.4. The molecule has 3 aromatic rings. The number of aromatic nitrogens is 3. The molecule has 37 heavy (non-hydrogen) atoms. The van der Waals surface area contributed by atoms with Gasteiger partial charge < -0.3 is 21.3 Å². The first-order valence-corrected chi connectivity index (χ1v) is 14.2. The Bertz CT molecular complexity index is 1410. The van der Waals surface area contributed by atoms with Crippen molar-refractivity contribution in [3.63, 3.8) is 0 Å². The minimum atomic E-state index is -4.46. The molecule has 12 nitrogen and oxygen atoms in total. The van der Waals surface area contributed by atoms with Gasteiger partial charge in [0.05, 0.1) is 38.7 Å². The molecular weight excluding hydrogens is 612 g/mol. The first kappa shape index (κ1) is 27.9. The molecule has 0 amide bonds. The summed E-state index contributed by atoms with van der Waals surface area (Å²) in [5.41, 5.74) is 7.53. The number of nitrogens with zero attached hydrogens (tertiary/aromatic N) is 3. The lowest BCUT2D eigenvalue weighted by Crippen LogP contribution is -2.37. The molecule has 0 radical (unpaired) electrons. The summed E-state index contributed by atoms with van der Waals surface area (Å²) in [6, 6.07) is 5.45. The number of hydrogen-bond donors (Lipinski definition) is 6. The third-order valence-corrected chi connectivity index (χ3v) is 8.30. The van der Waals surface area contributed by atoms with Gasteiger partial charge in [0.25, 0.3) is 0 Å². The number of aliphatic hydroxyl groups is 2. The molecule has 198 valence electrons. The Hall–Kier alpha value is -2.08. The van der Waals surface area contributed by atoms with Gasteiger partial charge in [-0.15, -0.1) is 11.3 Å². The van der Waals surface area contributed by atoms with Crippen LogP contribution >= 0.6 is 38.9 Å². The van der Waals surface area contributed by atoms with Crippen LogP contribution in [0, 0.1) is 5.92 Å². The first-order valence-electron chi connectivity index (χ1n) is 10.8. The molecule has 0 aliphatic heterocycles. The van der Waals surface area contributed by atoms with Crippen molar-refractivity contribution >= 4 is 60.8 Å². The number of halogens is 2. The smallest absolute Gasteiger partial charge is 0.333 e. The number of hydrogen-bond acceptors (Lipinski definition) is 11. The minimum Gasteiger partial charge on any atom is -0.390 e. The van der Waals surface area contributed by atoms with Crippen molar-refractivity contribution in [3.05, 3.63) is 67.4 Å². The Labute approximate surface area is 229 Å². The van der Waals surface area contributed by atoms with Crippen LogP contribution in [0.1, 0.15) is 39.0 Å². The summed E-state index contributed by atoms with van der Waals surface area (Å²) in [5.74, 6) is -1.01. The molecule has 3 heterocycles. The number of nitrogens with two attached hydrogens (primary N) is 1. The van der Waals surface area contributed by atoms with Gasteiger partial charge in [0.1, 0.15) is 22.9 Å². The molecule has 0 aromatic carbocycles. The predicted octanol–water partition coefficient (Wildman–Crippen LogP) is 1.54. The maximum atomic E-state index is 13.4. The predicted molar refractivity (Wildman–Crippen MR) is 140 cm³/mol. The molecule has 16 heteroatoms. The van der Waals surface area contributed by atoms with Gasteiger partial charge in [-0.05, 0) is 40.5 Å². The van der Waals surface area contributed by atoms with E-state index in [2.05, 4.69) is 36.2 Å². The van der Waals surface area contributed by atoms with E-state index < -0.39 is 46.3 Å².